The van der Waals surface area contributed by atoms with Crippen LogP contribution in [0.4, 0.5) is 0 Å². The maximum Gasteiger partial charge on any atom is 0.326 e. The van der Waals surface area contributed by atoms with Crippen molar-refractivity contribution in [1.82, 2.24) is 10.6 Å². The number of aliphatic hydroxyl groups is 2. The lowest BCUT2D eigenvalue weighted by atomic mass is 9.45. The zero-order valence-corrected chi connectivity index (χ0v) is 29.5. The van der Waals surface area contributed by atoms with Gasteiger partial charge in [-0.05, 0) is 92.1 Å². The first-order valence-corrected chi connectivity index (χ1v) is 18.5. The van der Waals surface area contributed by atoms with Crippen molar-refractivity contribution >= 4 is 47.1 Å². The molecule has 0 aliphatic heterocycles. The number of aliphatic carboxylic acids is 1. The van der Waals surface area contributed by atoms with Gasteiger partial charge >= 0.3 is 11.9 Å². The smallest absolute Gasteiger partial charge is 0.326 e. The molecule has 2 amide bonds. The molecule has 5 N–H and O–H groups in total. The summed E-state index contributed by atoms with van der Waals surface area (Å²) >= 11 is 1.45. The van der Waals surface area contributed by atoms with Gasteiger partial charge in [0.1, 0.15) is 17.7 Å². The number of ether oxygens (including phenoxy) is 1. The van der Waals surface area contributed by atoms with Crippen LogP contribution in [-0.4, -0.2) is 93.0 Å². The molecule has 0 aromatic carbocycles. The number of ketones is 2. The second kappa shape index (κ2) is 15.0. The summed E-state index contributed by atoms with van der Waals surface area (Å²) in [4.78, 5) is 75.3. The predicted octanol–water partition coefficient (Wildman–Crippen LogP) is 2.58. The van der Waals surface area contributed by atoms with E-state index in [-0.39, 0.29) is 67.0 Å². The van der Waals surface area contributed by atoms with Crippen LogP contribution in [0.15, 0.2) is 11.6 Å². The number of rotatable bonds is 14. The molecule has 0 heterocycles. The third-order valence-corrected chi connectivity index (χ3v) is 12.6. The molecule has 4 aliphatic rings. The zero-order chi connectivity index (χ0) is 35.6. The van der Waals surface area contributed by atoms with Gasteiger partial charge in [-0.25, -0.2) is 4.79 Å². The van der Waals surface area contributed by atoms with Crippen LogP contribution in [0.2, 0.25) is 0 Å². The minimum atomic E-state index is -1.79. The van der Waals surface area contributed by atoms with E-state index in [4.69, 9.17) is 4.74 Å². The summed E-state index contributed by atoms with van der Waals surface area (Å²) in [6.45, 7) is 6.73. The summed E-state index contributed by atoms with van der Waals surface area (Å²) in [7, 11) is 0. The number of hydrogen-bond donors (Lipinski definition) is 5. The number of carbonyl (C=O) groups excluding carboxylic acids is 5. The van der Waals surface area contributed by atoms with Crippen molar-refractivity contribution < 1.29 is 48.8 Å². The van der Waals surface area contributed by atoms with Crippen molar-refractivity contribution in [2.45, 2.75) is 116 Å². The van der Waals surface area contributed by atoms with Crippen molar-refractivity contribution in [2.24, 2.45) is 34.5 Å². The maximum atomic E-state index is 13.5. The number of amides is 2. The number of hydrogen-bond acceptors (Lipinski definition) is 10. The predicted molar refractivity (Wildman–Crippen MR) is 178 cm³/mol. The zero-order valence-electron chi connectivity index (χ0n) is 28.7. The number of aliphatic hydroxyl groups excluding tert-OH is 1. The highest BCUT2D eigenvalue weighted by Crippen LogP contribution is 2.67. The van der Waals surface area contributed by atoms with Gasteiger partial charge in [0.15, 0.2) is 12.4 Å². The second-order valence-corrected chi connectivity index (χ2v) is 16.0. The molecule has 0 aromatic rings. The normalized spacial score (nSPS) is 33.8. The van der Waals surface area contributed by atoms with Crippen molar-refractivity contribution in [3.8, 4) is 0 Å². The Balaban J connectivity index is 1.31. The van der Waals surface area contributed by atoms with E-state index in [9.17, 15) is 44.1 Å². The van der Waals surface area contributed by atoms with E-state index in [2.05, 4.69) is 17.6 Å². The fourth-order valence-corrected chi connectivity index (χ4v) is 9.71. The Morgan fingerprint density at radius 2 is 1.77 bits per heavy atom. The van der Waals surface area contributed by atoms with Gasteiger partial charge in [0.2, 0.25) is 17.6 Å². The van der Waals surface area contributed by atoms with Crippen molar-refractivity contribution in [1.29, 1.82) is 0 Å². The third-order valence-electron chi connectivity index (χ3n) is 11.9. The number of allylic oxidation sites excluding steroid dienone is 1. The minimum Gasteiger partial charge on any atom is -0.480 e. The maximum absolute atomic E-state index is 13.5. The molecule has 4 rings (SSSR count). The van der Waals surface area contributed by atoms with Crippen molar-refractivity contribution in [2.75, 3.05) is 18.6 Å². The Bertz CT molecular complexity index is 1330. The number of carboxylic acid groups (broad SMARTS) is 1. The fraction of sp³-hybridized carbons (Fsp3) is 0.771. The molecule has 3 saturated carbocycles. The van der Waals surface area contributed by atoms with E-state index in [0.29, 0.717) is 25.0 Å². The largest absolute Gasteiger partial charge is 0.480 e. The molecule has 0 saturated heterocycles. The summed E-state index contributed by atoms with van der Waals surface area (Å²) in [5.74, 6) is -3.56. The topological polar surface area (TPSA) is 196 Å². The molecule has 4 aliphatic carbocycles. The van der Waals surface area contributed by atoms with E-state index in [1.54, 1.807) is 19.9 Å². The van der Waals surface area contributed by atoms with Crippen molar-refractivity contribution in [3.63, 3.8) is 0 Å². The lowest BCUT2D eigenvalue weighted by Gasteiger charge is -2.60. The molecular formula is C35H52N2O10S. The van der Waals surface area contributed by atoms with Gasteiger partial charge in [-0.15, -0.1) is 0 Å². The van der Waals surface area contributed by atoms with E-state index in [1.165, 1.54) is 11.8 Å². The van der Waals surface area contributed by atoms with Gasteiger partial charge in [-0.1, -0.05) is 33.3 Å². The quantitative estimate of drug-likeness (QED) is 0.168. The van der Waals surface area contributed by atoms with Crippen LogP contribution in [0.5, 0.6) is 0 Å². The van der Waals surface area contributed by atoms with E-state index in [0.717, 1.165) is 18.4 Å². The van der Waals surface area contributed by atoms with Crippen LogP contribution in [0.3, 0.4) is 0 Å². The van der Waals surface area contributed by atoms with Gasteiger partial charge in [0.05, 0.1) is 12.5 Å². The number of esters is 1. The highest BCUT2D eigenvalue weighted by molar-refractivity contribution is 7.98. The summed E-state index contributed by atoms with van der Waals surface area (Å²) < 4.78 is 5.23. The number of thioether (sulfide) groups is 1. The van der Waals surface area contributed by atoms with Crippen LogP contribution < -0.4 is 10.6 Å². The average Bonchev–Trinajstić information content (AvgIpc) is 3.29. The molecule has 12 nitrogen and oxygen atoms in total. The number of fused-ring (bicyclic) bond motifs is 5. The molecule has 3 fully saturated rings. The first-order valence-electron chi connectivity index (χ1n) is 17.1. The van der Waals surface area contributed by atoms with E-state index in [1.807, 2.05) is 13.2 Å². The fourth-order valence-electron chi connectivity index (χ4n) is 9.24. The SMILES string of the molecule is CSCC[C@@H](NC(=O)[C@@H](NC(=O)CCC(=O)OCC(=O)[C@@]1(O)CC[C@H]2[C@@H]3CCC4=CC(=O)CC[C@]4(C)[C@H]3[C@H](O)C[C@@]21C)C(C)C)C(=O)O. The Kier molecular flexibility index (Phi) is 11.9. The lowest BCUT2D eigenvalue weighted by Crippen LogP contribution is -2.62. The molecule has 0 aromatic heterocycles. The molecule has 0 spiro atoms. The molecule has 9 atom stereocenters. The van der Waals surface area contributed by atoms with Crippen LogP contribution in [0.1, 0.15) is 91.9 Å². The minimum absolute atomic E-state index is 0.0161. The summed E-state index contributed by atoms with van der Waals surface area (Å²) in [6, 6.07) is -2.11. The Morgan fingerprint density at radius 3 is 2.42 bits per heavy atom. The molecule has 48 heavy (non-hydrogen) atoms. The summed E-state index contributed by atoms with van der Waals surface area (Å²) in [5, 5.41) is 37.9. The van der Waals surface area contributed by atoms with Gasteiger partial charge in [-0.3, -0.25) is 24.0 Å². The van der Waals surface area contributed by atoms with Gasteiger partial charge in [0.25, 0.3) is 0 Å². The first kappa shape index (κ1) is 38.0. The molecule has 13 heteroatoms. The average molecular weight is 693 g/mol. The van der Waals surface area contributed by atoms with Crippen LogP contribution in [0, 0.1) is 34.5 Å². The number of carboxylic acids is 1. The van der Waals surface area contributed by atoms with Crippen molar-refractivity contribution in [3.05, 3.63) is 11.6 Å². The molecule has 0 bridgehead atoms. The first-order chi connectivity index (χ1) is 22.5. The Hall–Kier alpha value is -2.77. The number of Topliss-reactive ketones (excluding diaryl/α,β-unsaturated/α-hetero) is 1. The third kappa shape index (κ3) is 7.38. The highest BCUT2D eigenvalue weighted by Gasteiger charge is 2.68. The van der Waals surface area contributed by atoms with E-state index >= 15 is 0 Å². The van der Waals surface area contributed by atoms with E-state index < -0.39 is 65.3 Å². The summed E-state index contributed by atoms with van der Waals surface area (Å²) in [6.07, 6.45) is 6.04. The lowest BCUT2D eigenvalue weighted by molar-refractivity contribution is -0.184. The second-order valence-electron chi connectivity index (χ2n) is 15.0. The van der Waals surface area contributed by atoms with Crippen LogP contribution in [-0.2, 0) is 33.5 Å². The Morgan fingerprint density at radius 1 is 1.06 bits per heavy atom. The molecular weight excluding hydrogens is 640 g/mol. The monoisotopic (exact) mass is 692 g/mol. The number of carbonyl (C=O) groups is 6. The number of nitrogens with one attached hydrogen (secondary N) is 2. The van der Waals surface area contributed by atoms with Gasteiger partial charge in [0, 0.05) is 18.3 Å². The molecule has 0 unspecified atom stereocenters. The standard InChI is InChI=1S/C35H52N2O10S/c1-19(2)30(31(43)36-24(32(44)45)12-15-48-5)37-27(41)8-9-28(42)47-18-26(40)35(46)14-11-23-22-7-6-20-16-21(38)10-13-33(20,3)29(22)25(39)17-34(23,35)4/h16,19,22-25,29-30,39,46H,6-15,17-18H2,1-5H3,(H,36,43)(H,37,41)(H,44,45)/t22-,23-,24+,25+,29+,30-,33-,34-,35-/m0/s1. The summed E-state index contributed by atoms with van der Waals surface area (Å²) in [5.41, 5.74) is -1.90. The van der Waals surface area contributed by atoms with Crippen LogP contribution in [0.25, 0.3) is 0 Å². The van der Waals surface area contributed by atoms with Gasteiger partial charge in [-0.2, -0.15) is 11.8 Å². The molecule has 0 radical (unpaired) electrons. The molecule has 268 valence electrons. The van der Waals surface area contributed by atoms with Gasteiger partial charge < -0.3 is 30.7 Å². The highest BCUT2D eigenvalue weighted by atomic mass is 32.2. The van der Waals surface area contributed by atoms with Crippen LogP contribution >= 0.6 is 11.8 Å². The Labute approximate surface area is 286 Å².